The highest BCUT2D eigenvalue weighted by Gasteiger charge is 2.07. The van der Waals surface area contributed by atoms with Crippen LogP contribution in [0.1, 0.15) is 17.0 Å². The van der Waals surface area contributed by atoms with Crippen LogP contribution in [0.15, 0.2) is 41.7 Å². The van der Waals surface area contributed by atoms with Crippen LogP contribution in [0.5, 0.6) is 0 Å². The van der Waals surface area contributed by atoms with Gasteiger partial charge in [-0.3, -0.25) is 4.98 Å². The molecule has 2 aromatic rings. The Kier molecular flexibility index (Phi) is 4.14. The summed E-state index contributed by atoms with van der Waals surface area (Å²) in [7, 11) is 1.92. The lowest BCUT2D eigenvalue weighted by atomic mass is 10.2. The number of rotatable bonds is 4. The van der Waals surface area contributed by atoms with E-state index in [2.05, 4.69) is 15.1 Å². The van der Waals surface area contributed by atoms with Gasteiger partial charge < -0.3 is 15.8 Å². The van der Waals surface area contributed by atoms with Crippen LogP contribution < -0.4 is 10.6 Å². The average molecular weight is 271 g/mol. The quantitative estimate of drug-likeness (QED) is 0.381. The Morgan fingerprint density at radius 2 is 2.20 bits per heavy atom. The second-order valence-electron chi connectivity index (χ2n) is 4.51. The van der Waals surface area contributed by atoms with Crippen LogP contribution in [0, 0.1) is 6.92 Å². The third-order valence-corrected chi connectivity index (χ3v) is 2.89. The van der Waals surface area contributed by atoms with Gasteiger partial charge in [-0.1, -0.05) is 11.2 Å². The van der Waals surface area contributed by atoms with Gasteiger partial charge in [0.1, 0.15) is 5.82 Å². The van der Waals surface area contributed by atoms with Crippen LogP contribution in [-0.2, 0) is 6.54 Å². The molecule has 0 atom stereocenters. The normalized spacial score (nSPS) is 11.4. The molecule has 2 heterocycles. The molecule has 0 saturated heterocycles. The van der Waals surface area contributed by atoms with Crippen molar-refractivity contribution >= 4 is 11.7 Å². The zero-order valence-electron chi connectivity index (χ0n) is 11.5. The summed E-state index contributed by atoms with van der Waals surface area (Å²) in [5.41, 5.74) is 8.15. The fraction of sp³-hybridized carbons (Fsp3) is 0.214. The third-order valence-electron chi connectivity index (χ3n) is 2.89. The summed E-state index contributed by atoms with van der Waals surface area (Å²) in [4.78, 5) is 10.7. The molecular formula is C14H17N5O. The van der Waals surface area contributed by atoms with Gasteiger partial charge in [-0.25, -0.2) is 4.98 Å². The lowest BCUT2D eigenvalue weighted by molar-refractivity contribution is 0.318. The molecule has 0 amide bonds. The topological polar surface area (TPSA) is 87.6 Å². The molecule has 0 bridgehead atoms. The maximum Gasteiger partial charge on any atom is 0.170 e. The molecule has 2 rings (SSSR count). The fourth-order valence-electron chi connectivity index (χ4n) is 1.86. The minimum absolute atomic E-state index is 0.0655. The Hall–Kier alpha value is -2.63. The van der Waals surface area contributed by atoms with Crippen molar-refractivity contribution in [3.8, 4) is 0 Å². The SMILES string of the molecule is Cc1cccc(CN(C)c2cc(/C(N)=N/O)ccn2)n1. The molecule has 0 aliphatic rings. The van der Waals surface area contributed by atoms with Crippen molar-refractivity contribution in [3.05, 3.63) is 53.5 Å². The van der Waals surface area contributed by atoms with Gasteiger partial charge in [-0.15, -0.1) is 0 Å². The third kappa shape index (κ3) is 3.23. The molecule has 6 nitrogen and oxygen atoms in total. The molecule has 0 aliphatic heterocycles. The van der Waals surface area contributed by atoms with E-state index in [9.17, 15) is 0 Å². The number of nitrogens with zero attached hydrogens (tertiary/aromatic N) is 4. The van der Waals surface area contributed by atoms with E-state index in [4.69, 9.17) is 10.9 Å². The standard InChI is InChI=1S/C14H17N5O/c1-10-4-3-5-12(17-10)9-19(2)13-8-11(6-7-16-13)14(15)18-20/h3-8,20H,9H2,1-2H3,(H2,15,18). The number of anilines is 1. The van der Waals surface area contributed by atoms with E-state index in [1.807, 2.05) is 37.1 Å². The zero-order valence-corrected chi connectivity index (χ0v) is 11.5. The highest BCUT2D eigenvalue weighted by molar-refractivity contribution is 5.97. The molecule has 0 unspecified atom stereocenters. The molecule has 6 heteroatoms. The molecule has 0 saturated carbocycles. The van der Waals surface area contributed by atoms with Gasteiger partial charge in [0, 0.05) is 24.5 Å². The monoisotopic (exact) mass is 271 g/mol. The first-order chi connectivity index (χ1) is 9.60. The van der Waals surface area contributed by atoms with E-state index in [1.54, 1.807) is 18.3 Å². The molecule has 0 radical (unpaired) electrons. The number of aryl methyl sites for hydroxylation is 1. The first kappa shape index (κ1) is 13.8. The molecular weight excluding hydrogens is 254 g/mol. The number of amidine groups is 1. The van der Waals surface area contributed by atoms with Gasteiger partial charge in [-0.05, 0) is 31.2 Å². The minimum atomic E-state index is 0.0655. The van der Waals surface area contributed by atoms with Gasteiger partial charge in [-0.2, -0.15) is 0 Å². The smallest absolute Gasteiger partial charge is 0.170 e. The van der Waals surface area contributed by atoms with E-state index in [-0.39, 0.29) is 5.84 Å². The van der Waals surface area contributed by atoms with E-state index in [1.165, 1.54) is 0 Å². The molecule has 20 heavy (non-hydrogen) atoms. The summed E-state index contributed by atoms with van der Waals surface area (Å²) in [5, 5.41) is 11.7. The van der Waals surface area contributed by atoms with Gasteiger partial charge in [0.05, 0.1) is 12.2 Å². The highest BCUT2D eigenvalue weighted by atomic mass is 16.4. The molecule has 3 N–H and O–H groups in total. The van der Waals surface area contributed by atoms with Crippen LogP contribution in [-0.4, -0.2) is 28.1 Å². The molecule has 0 spiro atoms. The second kappa shape index (κ2) is 6.01. The van der Waals surface area contributed by atoms with Crippen molar-refractivity contribution in [2.75, 3.05) is 11.9 Å². The lowest BCUT2D eigenvalue weighted by Crippen LogP contribution is -2.20. The average Bonchev–Trinajstić information content (AvgIpc) is 2.46. The Bertz CT molecular complexity index is 626. The van der Waals surface area contributed by atoms with Gasteiger partial charge in [0.25, 0.3) is 0 Å². The number of nitrogens with two attached hydrogens (primary N) is 1. The number of hydrogen-bond acceptors (Lipinski definition) is 5. The number of aromatic nitrogens is 2. The Morgan fingerprint density at radius 1 is 1.40 bits per heavy atom. The first-order valence-electron chi connectivity index (χ1n) is 6.18. The van der Waals surface area contributed by atoms with Gasteiger partial charge >= 0.3 is 0 Å². The number of oxime groups is 1. The van der Waals surface area contributed by atoms with E-state index < -0.39 is 0 Å². The van der Waals surface area contributed by atoms with Crippen molar-refractivity contribution < 1.29 is 5.21 Å². The summed E-state index contributed by atoms with van der Waals surface area (Å²) in [6.45, 7) is 2.59. The zero-order chi connectivity index (χ0) is 14.5. The Labute approximate surface area is 117 Å². The highest BCUT2D eigenvalue weighted by Crippen LogP contribution is 2.13. The van der Waals surface area contributed by atoms with Gasteiger partial charge in [0.2, 0.25) is 0 Å². The van der Waals surface area contributed by atoms with E-state index in [0.717, 1.165) is 17.2 Å². The summed E-state index contributed by atoms with van der Waals surface area (Å²) >= 11 is 0. The lowest BCUT2D eigenvalue weighted by Gasteiger charge is -2.18. The van der Waals surface area contributed by atoms with Crippen LogP contribution in [0.25, 0.3) is 0 Å². The van der Waals surface area contributed by atoms with Gasteiger partial charge in [0.15, 0.2) is 5.84 Å². The number of hydrogen-bond donors (Lipinski definition) is 2. The van der Waals surface area contributed by atoms with E-state index >= 15 is 0 Å². The van der Waals surface area contributed by atoms with Crippen molar-refractivity contribution in [3.63, 3.8) is 0 Å². The summed E-state index contributed by atoms with van der Waals surface area (Å²) in [5.74, 6) is 0.799. The molecule has 0 aliphatic carbocycles. The predicted octanol–water partition coefficient (Wildman–Crippen LogP) is 1.52. The first-order valence-corrected chi connectivity index (χ1v) is 6.18. The molecule has 104 valence electrons. The molecule has 0 fully saturated rings. The van der Waals surface area contributed by atoms with E-state index in [0.29, 0.717) is 12.1 Å². The predicted molar refractivity (Wildman–Crippen MR) is 77.8 cm³/mol. The van der Waals surface area contributed by atoms with Crippen LogP contribution in [0.3, 0.4) is 0 Å². The Balaban J connectivity index is 2.19. The van der Waals surface area contributed by atoms with Crippen molar-refractivity contribution in [1.82, 2.24) is 9.97 Å². The summed E-state index contributed by atoms with van der Waals surface area (Å²) < 4.78 is 0. The maximum atomic E-state index is 8.70. The minimum Gasteiger partial charge on any atom is -0.409 e. The van der Waals surface area contributed by atoms with Crippen molar-refractivity contribution in [2.24, 2.45) is 10.9 Å². The van der Waals surface area contributed by atoms with Crippen molar-refractivity contribution in [2.45, 2.75) is 13.5 Å². The fourth-order valence-corrected chi connectivity index (χ4v) is 1.86. The number of pyridine rings is 2. The largest absolute Gasteiger partial charge is 0.409 e. The summed E-state index contributed by atoms with van der Waals surface area (Å²) in [6.07, 6.45) is 1.63. The summed E-state index contributed by atoms with van der Waals surface area (Å²) in [6, 6.07) is 9.37. The Morgan fingerprint density at radius 3 is 2.90 bits per heavy atom. The van der Waals surface area contributed by atoms with Crippen LogP contribution in [0.2, 0.25) is 0 Å². The molecule has 0 aromatic carbocycles. The van der Waals surface area contributed by atoms with Crippen LogP contribution >= 0.6 is 0 Å². The van der Waals surface area contributed by atoms with Crippen LogP contribution in [0.4, 0.5) is 5.82 Å². The second-order valence-corrected chi connectivity index (χ2v) is 4.51. The maximum absolute atomic E-state index is 8.70. The van der Waals surface area contributed by atoms with Crippen molar-refractivity contribution in [1.29, 1.82) is 0 Å². The molecule has 2 aromatic heterocycles.